The summed E-state index contributed by atoms with van der Waals surface area (Å²) >= 11 is 25.9. The maximum absolute atomic E-state index is 13.3. The molecule has 33 heavy (non-hydrogen) atoms. The van der Waals surface area contributed by atoms with Crippen molar-refractivity contribution >= 4 is 70.0 Å². The second-order valence-electron chi connectivity index (χ2n) is 7.74. The predicted octanol–water partition coefficient (Wildman–Crippen LogP) is 7.26. The molecule has 0 aliphatic rings. The van der Waals surface area contributed by atoms with Crippen molar-refractivity contribution in [2.45, 2.75) is 58.0 Å². The number of carbonyl (C=O) groups excluding carboxylic acids is 2. The van der Waals surface area contributed by atoms with Crippen LogP contribution in [0, 0.1) is 0 Å². The molecular weight excluding hydrogens is 522 g/mol. The highest BCUT2D eigenvalue weighted by molar-refractivity contribution is 7.99. The minimum Gasteiger partial charge on any atom is -0.352 e. The van der Waals surface area contributed by atoms with Crippen molar-refractivity contribution in [3.63, 3.8) is 0 Å². The highest BCUT2D eigenvalue weighted by atomic mass is 35.5. The first kappa shape index (κ1) is 28.1. The molecule has 0 fully saturated rings. The van der Waals surface area contributed by atoms with Crippen LogP contribution in [0.4, 0.5) is 0 Å². The van der Waals surface area contributed by atoms with Gasteiger partial charge in [-0.15, -0.1) is 11.8 Å². The first-order valence-corrected chi connectivity index (χ1v) is 13.4. The average Bonchev–Trinajstić information content (AvgIpc) is 2.77. The molecule has 180 valence electrons. The molecule has 0 saturated heterocycles. The summed E-state index contributed by atoms with van der Waals surface area (Å²) in [4.78, 5) is 27.9. The molecule has 2 atom stereocenters. The number of nitrogens with one attached hydrogen (secondary N) is 1. The Labute approximate surface area is 220 Å². The van der Waals surface area contributed by atoms with E-state index in [1.807, 2.05) is 32.9 Å². The van der Waals surface area contributed by atoms with E-state index in [0.717, 1.165) is 17.5 Å². The molecule has 0 bridgehead atoms. The van der Waals surface area contributed by atoms with Crippen molar-refractivity contribution in [1.82, 2.24) is 10.2 Å². The van der Waals surface area contributed by atoms with Gasteiger partial charge in [-0.2, -0.15) is 0 Å². The molecule has 1 N–H and O–H groups in total. The predicted molar refractivity (Wildman–Crippen MR) is 142 cm³/mol. The van der Waals surface area contributed by atoms with E-state index in [9.17, 15) is 9.59 Å². The normalized spacial score (nSPS) is 12.8. The second-order valence-corrected chi connectivity index (χ2v) is 10.4. The van der Waals surface area contributed by atoms with Crippen molar-refractivity contribution in [2.24, 2.45) is 0 Å². The maximum atomic E-state index is 13.3. The van der Waals surface area contributed by atoms with Gasteiger partial charge in [0.1, 0.15) is 6.04 Å². The number of benzene rings is 2. The third-order valence-electron chi connectivity index (χ3n) is 5.22. The van der Waals surface area contributed by atoms with Crippen LogP contribution in [-0.2, 0) is 21.9 Å². The fourth-order valence-electron chi connectivity index (χ4n) is 3.17. The van der Waals surface area contributed by atoms with Crippen LogP contribution in [0.3, 0.4) is 0 Å². The summed E-state index contributed by atoms with van der Waals surface area (Å²) in [6.45, 7) is 6.10. The Kier molecular flexibility index (Phi) is 11.7. The van der Waals surface area contributed by atoms with Crippen LogP contribution in [0.2, 0.25) is 20.1 Å². The highest BCUT2D eigenvalue weighted by Crippen LogP contribution is 2.26. The van der Waals surface area contributed by atoms with E-state index >= 15 is 0 Å². The summed E-state index contributed by atoms with van der Waals surface area (Å²) < 4.78 is 0. The molecule has 2 rings (SSSR count). The quantitative estimate of drug-likeness (QED) is 0.321. The molecule has 0 aliphatic carbocycles. The maximum Gasteiger partial charge on any atom is 0.243 e. The molecule has 0 aromatic heterocycles. The zero-order chi connectivity index (χ0) is 24.5. The molecule has 2 amide bonds. The third kappa shape index (κ3) is 8.56. The van der Waals surface area contributed by atoms with E-state index < -0.39 is 6.04 Å². The summed E-state index contributed by atoms with van der Waals surface area (Å²) in [5.74, 6) is 0.458. The molecule has 0 spiro atoms. The van der Waals surface area contributed by atoms with Crippen LogP contribution in [0.1, 0.15) is 44.7 Å². The molecule has 9 heteroatoms. The standard InChI is InChI=1S/C24H28Cl4N2O2S/c1-4-15(3)29-24(32)22(5-2)30(12-16-6-9-19(26)21(28)10-16)23(31)14-33-13-17-7-8-18(25)11-20(17)27/h6-11,15,22H,4-5,12-14H2,1-3H3,(H,29,32)/t15-,22+/m0/s1. The molecule has 0 heterocycles. The zero-order valence-electron chi connectivity index (χ0n) is 18.8. The number of hydrogen-bond acceptors (Lipinski definition) is 3. The van der Waals surface area contributed by atoms with E-state index in [-0.39, 0.29) is 30.2 Å². The van der Waals surface area contributed by atoms with Crippen LogP contribution in [0.15, 0.2) is 36.4 Å². The Balaban J connectivity index is 2.18. The number of halogens is 4. The molecule has 0 aliphatic heterocycles. The minimum absolute atomic E-state index is 0.0231. The smallest absolute Gasteiger partial charge is 0.243 e. The topological polar surface area (TPSA) is 49.4 Å². The first-order valence-electron chi connectivity index (χ1n) is 10.7. The van der Waals surface area contributed by atoms with Gasteiger partial charge < -0.3 is 10.2 Å². The molecular formula is C24H28Cl4N2O2S. The van der Waals surface area contributed by atoms with Crippen molar-refractivity contribution in [1.29, 1.82) is 0 Å². The zero-order valence-corrected chi connectivity index (χ0v) is 22.7. The van der Waals surface area contributed by atoms with Crippen LogP contribution in [0.25, 0.3) is 0 Å². The minimum atomic E-state index is -0.597. The van der Waals surface area contributed by atoms with Crippen LogP contribution in [-0.4, -0.2) is 34.6 Å². The fourth-order valence-corrected chi connectivity index (χ4v) is 4.95. The van der Waals surface area contributed by atoms with Crippen molar-refractivity contribution in [2.75, 3.05) is 5.75 Å². The average molecular weight is 550 g/mol. The van der Waals surface area contributed by atoms with E-state index in [1.54, 1.807) is 29.2 Å². The number of hydrogen-bond donors (Lipinski definition) is 1. The Morgan fingerprint density at radius 1 is 0.970 bits per heavy atom. The van der Waals surface area contributed by atoms with Gasteiger partial charge in [0.05, 0.1) is 15.8 Å². The van der Waals surface area contributed by atoms with E-state index in [2.05, 4.69) is 5.32 Å². The number of thioether (sulfide) groups is 1. The van der Waals surface area contributed by atoms with Crippen molar-refractivity contribution in [3.05, 3.63) is 67.6 Å². The Hall–Kier alpha value is -1.11. The SMILES string of the molecule is CC[C@H](C(=O)N[C@@H](C)CC)N(Cc1ccc(Cl)c(Cl)c1)C(=O)CSCc1ccc(Cl)cc1Cl. The van der Waals surface area contributed by atoms with Crippen LogP contribution < -0.4 is 5.32 Å². The lowest BCUT2D eigenvalue weighted by molar-refractivity contribution is -0.139. The van der Waals surface area contributed by atoms with Gasteiger partial charge in [0, 0.05) is 28.4 Å². The first-order chi connectivity index (χ1) is 15.7. The number of nitrogens with zero attached hydrogens (tertiary/aromatic N) is 1. The lowest BCUT2D eigenvalue weighted by Crippen LogP contribution is -2.51. The second kappa shape index (κ2) is 13.7. The molecule has 0 unspecified atom stereocenters. The third-order valence-corrected chi connectivity index (χ3v) is 7.51. The molecule has 2 aromatic carbocycles. The Bertz CT molecular complexity index is 973. The lowest BCUT2D eigenvalue weighted by Gasteiger charge is -2.31. The van der Waals surface area contributed by atoms with Gasteiger partial charge >= 0.3 is 0 Å². The molecule has 0 saturated carbocycles. The van der Waals surface area contributed by atoms with E-state index in [1.165, 1.54) is 11.8 Å². The number of rotatable bonds is 11. The van der Waals surface area contributed by atoms with Gasteiger partial charge in [0.15, 0.2) is 0 Å². The van der Waals surface area contributed by atoms with Gasteiger partial charge in [-0.3, -0.25) is 9.59 Å². The van der Waals surface area contributed by atoms with Gasteiger partial charge in [0.2, 0.25) is 11.8 Å². The van der Waals surface area contributed by atoms with Crippen LogP contribution in [0.5, 0.6) is 0 Å². The fraction of sp³-hybridized carbons (Fsp3) is 0.417. The highest BCUT2D eigenvalue weighted by Gasteiger charge is 2.29. The van der Waals surface area contributed by atoms with Gasteiger partial charge in [-0.05, 0) is 55.2 Å². The largest absolute Gasteiger partial charge is 0.352 e. The summed E-state index contributed by atoms with van der Waals surface area (Å²) in [6.07, 6.45) is 1.30. The van der Waals surface area contributed by atoms with Crippen LogP contribution >= 0.6 is 58.2 Å². The Morgan fingerprint density at radius 3 is 2.30 bits per heavy atom. The summed E-state index contributed by atoms with van der Waals surface area (Å²) in [6, 6.07) is 9.97. The van der Waals surface area contributed by atoms with E-state index in [4.69, 9.17) is 46.4 Å². The number of carbonyl (C=O) groups is 2. The van der Waals surface area contributed by atoms with Gasteiger partial charge in [0.25, 0.3) is 0 Å². The van der Waals surface area contributed by atoms with Gasteiger partial charge in [-0.25, -0.2) is 0 Å². The molecule has 0 radical (unpaired) electrons. The Morgan fingerprint density at radius 2 is 1.70 bits per heavy atom. The monoisotopic (exact) mass is 548 g/mol. The number of amides is 2. The summed E-state index contributed by atoms with van der Waals surface area (Å²) in [5, 5.41) is 4.98. The summed E-state index contributed by atoms with van der Waals surface area (Å²) in [5.41, 5.74) is 1.70. The molecule has 2 aromatic rings. The van der Waals surface area contributed by atoms with Gasteiger partial charge in [-0.1, -0.05) is 72.4 Å². The van der Waals surface area contributed by atoms with E-state index in [0.29, 0.717) is 32.3 Å². The summed E-state index contributed by atoms with van der Waals surface area (Å²) in [7, 11) is 0. The lowest BCUT2D eigenvalue weighted by atomic mass is 10.1. The van der Waals surface area contributed by atoms with Crippen molar-refractivity contribution in [3.8, 4) is 0 Å². The van der Waals surface area contributed by atoms with Crippen molar-refractivity contribution < 1.29 is 9.59 Å². The molecule has 4 nitrogen and oxygen atoms in total.